The van der Waals surface area contributed by atoms with Gasteiger partial charge in [-0.2, -0.15) is 0 Å². The second kappa shape index (κ2) is 12.1. The minimum atomic E-state index is -0.750. The number of nitrogens with zero attached hydrogens (tertiary/aromatic N) is 1. The molecule has 148 valence electrons. The maximum atomic E-state index is 12.0. The van der Waals surface area contributed by atoms with E-state index in [1.54, 1.807) is 0 Å². The average molecular weight is 487 g/mol. The fourth-order valence-electron chi connectivity index (χ4n) is 2.78. The van der Waals surface area contributed by atoms with Crippen LogP contribution in [-0.2, 0) is 20.3 Å². The Morgan fingerprint density at radius 1 is 1.28 bits per heavy atom. The summed E-state index contributed by atoms with van der Waals surface area (Å²) in [5, 5.41) is 6.80. The largest absolute Gasteiger partial charge is 0.459 e. The molecule has 3 atom stereocenters. The van der Waals surface area contributed by atoms with Gasteiger partial charge in [-0.05, 0) is 47.0 Å². The predicted octanol–water partition coefficient (Wildman–Crippen LogP) is 2.58. The van der Waals surface area contributed by atoms with E-state index in [0.717, 1.165) is 32.2 Å². The number of aliphatic imine (C=N–C) groups is 1. The normalized spacial score (nSPS) is 22.5. The van der Waals surface area contributed by atoms with Crippen LogP contribution < -0.4 is 10.6 Å². The van der Waals surface area contributed by atoms with E-state index in [1.165, 1.54) is 0 Å². The number of carbonyl (C=O) groups excluding carboxylic acids is 1. The number of esters is 1. The van der Waals surface area contributed by atoms with Gasteiger partial charge in [0.2, 0.25) is 0 Å². The second-order valence-electron chi connectivity index (χ2n) is 7.08. The molecule has 0 amide bonds. The third kappa shape index (κ3) is 10.4. The fraction of sp³-hybridized carbons (Fsp3) is 0.882. The second-order valence-corrected chi connectivity index (χ2v) is 9.09. The Morgan fingerprint density at radius 2 is 1.96 bits per heavy atom. The van der Waals surface area contributed by atoms with Gasteiger partial charge in [0.15, 0.2) is 5.96 Å². The molecule has 0 aliphatic heterocycles. The van der Waals surface area contributed by atoms with Crippen molar-refractivity contribution in [2.45, 2.75) is 77.2 Å². The molecule has 1 aliphatic carbocycles. The first kappa shape index (κ1) is 24.6. The molecule has 0 bridgehead atoms. The zero-order valence-electron chi connectivity index (χ0n) is 16.1. The van der Waals surface area contributed by atoms with Crippen LogP contribution in [0.2, 0.25) is 0 Å². The molecule has 25 heavy (non-hydrogen) atoms. The first-order valence-corrected chi connectivity index (χ1v) is 10.3. The van der Waals surface area contributed by atoms with Gasteiger partial charge in [0.1, 0.15) is 12.1 Å². The van der Waals surface area contributed by atoms with Crippen molar-refractivity contribution in [3.63, 3.8) is 0 Å². The van der Waals surface area contributed by atoms with Gasteiger partial charge in [-0.15, -0.1) is 24.0 Å². The number of carbonyl (C=O) groups is 1. The average Bonchev–Trinajstić information content (AvgIpc) is 2.50. The van der Waals surface area contributed by atoms with Crippen molar-refractivity contribution in [1.29, 1.82) is 0 Å². The van der Waals surface area contributed by atoms with Crippen molar-refractivity contribution in [1.82, 2.24) is 10.6 Å². The lowest BCUT2D eigenvalue weighted by atomic mass is 9.95. The lowest BCUT2D eigenvalue weighted by Gasteiger charge is -2.30. The standard InChI is InChI=1S/C17H33N3O3S.HI/c1-6-18-16(19-12-15(21)23-17(3,4)5)20-13-9-8-10-14(11-13)24(22)7-2;/h13-14H,6-12H2,1-5H3,(H2,18,19,20);1H. The molecule has 1 aliphatic rings. The number of rotatable bonds is 6. The molecule has 2 N–H and O–H groups in total. The highest BCUT2D eigenvalue weighted by atomic mass is 127. The zero-order chi connectivity index (χ0) is 18.2. The quantitative estimate of drug-likeness (QED) is 0.261. The number of hydrogen-bond acceptors (Lipinski definition) is 4. The molecule has 1 rings (SSSR count). The highest BCUT2D eigenvalue weighted by molar-refractivity contribution is 14.0. The highest BCUT2D eigenvalue weighted by Crippen LogP contribution is 2.22. The van der Waals surface area contributed by atoms with E-state index in [4.69, 9.17) is 4.74 Å². The lowest BCUT2D eigenvalue weighted by Crippen LogP contribution is -2.47. The van der Waals surface area contributed by atoms with Crippen molar-refractivity contribution >= 4 is 46.7 Å². The summed E-state index contributed by atoms with van der Waals surface area (Å²) in [5.41, 5.74) is -0.501. The summed E-state index contributed by atoms with van der Waals surface area (Å²) in [6, 6.07) is 0.246. The van der Waals surface area contributed by atoms with Crippen LogP contribution in [0.4, 0.5) is 0 Å². The first-order valence-electron chi connectivity index (χ1n) is 8.89. The lowest BCUT2D eigenvalue weighted by molar-refractivity contribution is -0.152. The van der Waals surface area contributed by atoms with Gasteiger partial charge < -0.3 is 15.4 Å². The van der Waals surface area contributed by atoms with Gasteiger partial charge in [0.05, 0.1) is 0 Å². The van der Waals surface area contributed by atoms with Gasteiger partial charge in [0.25, 0.3) is 0 Å². The summed E-state index contributed by atoms with van der Waals surface area (Å²) < 4.78 is 17.3. The molecule has 8 heteroatoms. The van der Waals surface area contributed by atoms with Crippen LogP contribution in [-0.4, -0.2) is 51.9 Å². The molecule has 0 aromatic carbocycles. The molecule has 3 unspecified atom stereocenters. The van der Waals surface area contributed by atoms with E-state index in [0.29, 0.717) is 11.7 Å². The molecular weight excluding hydrogens is 453 g/mol. The Balaban J connectivity index is 0.00000576. The van der Waals surface area contributed by atoms with Gasteiger partial charge >= 0.3 is 5.97 Å². The third-order valence-corrected chi connectivity index (χ3v) is 5.49. The Hall–Kier alpha value is -0.380. The summed E-state index contributed by atoms with van der Waals surface area (Å²) in [5.74, 6) is 0.995. The Labute approximate surface area is 171 Å². The van der Waals surface area contributed by atoms with Crippen LogP contribution in [0.1, 0.15) is 60.3 Å². The number of nitrogens with one attached hydrogen (secondary N) is 2. The number of halogens is 1. The summed E-state index contributed by atoms with van der Waals surface area (Å²) in [7, 11) is -0.750. The van der Waals surface area contributed by atoms with Crippen LogP contribution in [0, 0.1) is 0 Å². The molecule has 1 fully saturated rings. The van der Waals surface area contributed by atoms with E-state index in [2.05, 4.69) is 15.6 Å². The van der Waals surface area contributed by atoms with Gasteiger partial charge in [-0.1, -0.05) is 13.3 Å². The molecule has 6 nitrogen and oxygen atoms in total. The SMILES string of the molecule is CCNC(=NCC(=O)OC(C)(C)C)NC1CCCC(S(=O)CC)C1.I. The van der Waals surface area contributed by atoms with E-state index < -0.39 is 16.4 Å². The summed E-state index contributed by atoms with van der Waals surface area (Å²) >= 11 is 0. The summed E-state index contributed by atoms with van der Waals surface area (Å²) in [6.07, 6.45) is 4.02. The molecule has 0 heterocycles. The van der Waals surface area contributed by atoms with Gasteiger partial charge in [-0.3, -0.25) is 9.00 Å². The van der Waals surface area contributed by atoms with Gasteiger partial charge in [0, 0.05) is 34.4 Å². The zero-order valence-corrected chi connectivity index (χ0v) is 19.2. The summed E-state index contributed by atoms with van der Waals surface area (Å²) in [4.78, 5) is 16.1. The molecule has 0 spiro atoms. The highest BCUT2D eigenvalue weighted by Gasteiger charge is 2.26. The van der Waals surface area contributed by atoms with Crippen molar-refractivity contribution in [2.24, 2.45) is 4.99 Å². The third-order valence-electron chi connectivity index (χ3n) is 3.75. The van der Waals surface area contributed by atoms with Crippen molar-refractivity contribution in [3.05, 3.63) is 0 Å². The van der Waals surface area contributed by atoms with Gasteiger partial charge in [-0.25, -0.2) is 4.99 Å². The number of ether oxygens (including phenoxy) is 1. The van der Waals surface area contributed by atoms with Crippen LogP contribution in [0.25, 0.3) is 0 Å². The topological polar surface area (TPSA) is 79.8 Å². The minimum absolute atomic E-state index is 0. The number of hydrogen-bond donors (Lipinski definition) is 2. The molecule has 0 aromatic rings. The Bertz CT molecular complexity index is 467. The fourth-order valence-corrected chi connectivity index (χ4v) is 4.13. The van der Waals surface area contributed by atoms with E-state index in [-0.39, 0.29) is 47.8 Å². The van der Waals surface area contributed by atoms with E-state index >= 15 is 0 Å². The maximum absolute atomic E-state index is 12.0. The van der Waals surface area contributed by atoms with Crippen LogP contribution >= 0.6 is 24.0 Å². The Morgan fingerprint density at radius 3 is 2.52 bits per heavy atom. The van der Waals surface area contributed by atoms with Crippen LogP contribution in [0.5, 0.6) is 0 Å². The molecule has 0 aromatic heterocycles. The molecule has 0 radical (unpaired) electrons. The maximum Gasteiger partial charge on any atom is 0.328 e. The number of guanidine groups is 1. The monoisotopic (exact) mass is 487 g/mol. The first-order chi connectivity index (χ1) is 11.2. The minimum Gasteiger partial charge on any atom is -0.459 e. The Kier molecular flexibility index (Phi) is 11.9. The van der Waals surface area contributed by atoms with Crippen molar-refractivity contribution < 1.29 is 13.7 Å². The smallest absolute Gasteiger partial charge is 0.328 e. The predicted molar refractivity (Wildman–Crippen MR) is 115 cm³/mol. The molecular formula is C17H34IN3O3S. The summed E-state index contributed by atoms with van der Waals surface area (Å²) in [6.45, 7) is 10.2. The van der Waals surface area contributed by atoms with E-state index in [1.807, 2.05) is 34.6 Å². The van der Waals surface area contributed by atoms with Crippen LogP contribution in [0.15, 0.2) is 4.99 Å². The van der Waals surface area contributed by atoms with E-state index in [9.17, 15) is 9.00 Å². The van der Waals surface area contributed by atoms with Crippen LogP contribution in [0.3, 0.4) is 0 Å². The molecule has 0 saturated heterocycles. The van der Waals surface area contributed by atoms with Crippen molar-refractivity contribution in [2.75, 3.05) is 18.8 Å². The van der Waals surface area contributed by atoms with Crippen molar-refractivity contribution in [3.8, 4) is 0 Å². The molecule has 1 saturated carbocycles.